The number of amides is 2. The summed E-state index contributed by atoms with van der Waals surface area (Å²) in [6.45, 7) is 0.954. The third kappa shape index (κ3) is 4.57. The van der Waals surface area contributed by atoms with Gasteiger partial charge < -0.3 is 10.2 Å². The Hall–Kier alpha value is -2.51. The highest BCUT2D eigenvalue weighted by Crippen LogP contribution is 2.24. The maximum atomic E-state index is 12.9. The van der Waals surface area contributed by atoms with Crippen LogP contribution in [0, 0.1) is 0 Å². The van der Waals surface area contributed by atoms with Crippen molar-refractivity contribution in [2.45, 2.75) is 25.4 Å². The minimum Gasteiger partial charge on any atom is -0.349 e. The summed E-state index contributed by atoms with van der Waals surface area (Å²) in [5, 5.41) is 5.85. The molecule has 0 radical (unpaired) electrons. The zero-order chi connectivity index (χ0) is 20.2. The second-order valence-electron chi connectivity index (χ2n) is 6.89. The first-order valence-corrected chi connectivity index (χ1v) is 11.1. The standard InChI is InChI=1S/C22H20BrN3O2S/c23-17-9-4-8-16(12-17)22(28)26-11-5-10-19(26)20(27)24-13-18-14-29-21(25-18)15-6-2-1-3-7-15/h1-4,6-9,12,14,19H,5,10-11,13H2,(H,24,27)/t19-/m1/s1. The molecule has 1 fully saturated rings. The molecule has 148 valence electrons. The van der Waals surface area contributed by atoms with Crippen LogP contribution in [-0.4, -0.2) is 34.3 Å². The van der Waals surface area contributed by atoms with Crippen molar-refractivity contribution in [3.05, 3.63) is 75.7 Å². The first-order valence-electron chi connectivity index (χ1n) is 9.46. The number of thiazole rings is 1. The zero-order valence-corrected chi connectivity index (χ0v) is 18.1. The molecule has 0 spiro atoms. The summed E-state index contributed by atoms with van der Waals surface area (Å²) < 4.78 is 0.848. The lowest BCUT2D eigenvalue weighted by Crippen LogP contribution is -2.45. The molecule has 3 aromatic rings. The van der Waals surface area contributed by atoms with Gasteiger partial charge in [0.05, 0.1) is 12.2 Å². The van der Waals surface area contributed by atoms with Crippen LogP contribution < -0.4 is 5.32 Å². The summed E-state index contributed by atoms with van der Waals surface area (Å²) in [4.78, 5) is 31.9. The van der Waals surface area contributed by atoms with Crippen LogP contribution in [0.1, 0.15) is 28.9 Å². The van der Waals surface area contributed by atoms with E-state index < -0.39 is 6.04 Å². The van der Waals surface area contributed by atoms with E-state index in [-0.39, 0.29) is 11.8 Å². The van der Waals surface area contributed by atoms with Crippen molar-refractivity contribution < 1.29 is 9.59 Å². The van der Waals surface area contributed by atoms with Crippen LogP contribution in [0.2, 0.25) is 0 Å². The molecule has 1 aliphatic rings. The normalized spacial score (nSPS) is 16.0. The third-order valence-corrected chi connectivity index (χ3v) is 6.34. The van der Waals surface area contributed by atoms with Crippen molar-refractivity contribution in [2.24, 2.45) is 0 Å². The van der Waals surface area contributed by atoms with E-state index in [9.17, 15) is 9.59 Å². The maximum absolute atomic E-state index is 12.9. The molecule has 1 N–H and O–H groups in total. The lowest BCUT2D eigenvalue weighted by molar-refractivity contribution is -0.125. The SMILES string of the molecule is O=C(NCc1csc(-c2ccccc2)n1)[C@H]1CCCN1C(=O)c1cccc(Br)c1. The Morgan fingerprint density at radius 3 is 2.79 bits per heavy atom. The van der Waals surface area contributed by atoms with E-state index in [1.165, 1.54) is 0 Å². The lowest BCUT2D eigenvalue weighted by atomic mass is 10.1. The fourth-order valence-corrected chi connectivity index (χ4v) is 4.69. The van der Waals surface area contributed by atoms with Gasteiger partial charge >= 0.3 is 0 Å². The second-order valence-corrected chi connectivity index (χ2v) is 8.67. The van der Waals surface area contributed by atoms with Crippen molar-refractivity contribution in [1.29, 1.82) is 0 Å². The van der Waals surface area contributed by atoms with Crippen molar-refractivity contribution in [3.63, 3.8) is 0 Å². The highest BCUT2D eigenvalue weighted by Gasteiger charge is 2.34. The van der Waals surface area contributed by atoms with Gasteiger partial charge in [-0.3, -0.25) is 9.59 Å². The van der Waals surface area contributed by atoms with E-state index >= 15 is 0 Å². The molecule has 1 saturated heterocycles. The van der Waals surface area contributed by atoms with Crippen LogP contribution in [0.5, 0.6) is 0 Å². The molecular weight excluding hydrogens is 450 g/mol. The van der Waals surface area contributed by atoms with E-state index in [0.29, 0.717) is 25.1 Å². The number of likely N-dealkylation sites (tertiary alicyclic amines) is 1. The van der Waals surface area contributed by atoms with Gasteiger partial charge in [-0.2, -0.15) is 0 Å². The number of aromatic nitrogens is 1. The maximum Gasteiger partial charge on any atom is 0.254 e. The molecule has 29 heavy (non-hydrogen) atoms. The Balaban J connectivity index is 1.39. The van der Waals surface area contributed by atoms with Crippen LogP contribution in [-0.2, 0) is 11.3 Å². The first-order chi connectivity index (χ1) is 14.1. The summed E-state index contributed by atoms with van der Waals surface area (Å²) in [6, 6.07) is 16.8. The van der Waals surface area contributed by atoms with Gasteiger partial charge in [0.1, 0.15) is 11.0 Å². The highest BCUT2D eigenvalue weighted by atomic mass is 79.9. The molecule has 1 aromatic heterocycles. The number of carbonyl (C=O) groups excluding carboxylic acids is 2. The summed E-state index contributed by atoms with van der Waals surface area (Å²) in [6.07, 6.45) is 1.50. The predicted octanol–water partition coefficient (Wildman–Crippen LogP) is 4.49. The molecule has 4 rings (SSSR count). The molecule has 5 nitrogen and oxygen atoms in total. The van der Waals surface area contributed by atoms with Crippen molar-refractivity contribution >= 4 is 39.1 Å². The summed E-state index contributed by atoms with van der Waals surface area (Å²) in [5.74, 6) is -0.232. The number of rotatable bonds is 5. The number of hydrogen-bond acceptors (Lipinski definition) is 4. The number of halogens is 1. The van der Waals surface area contributed by atoms with E-state index in [1.54, 1.807) is 28.4 Å². The largest absolute Gasteiger partial charge is 0.349 e. The van der Waals surface area contributed by atoms with Crippen molar-refractivity contribution in [3.8, 4) is 10.6 Å². The monoisotopic (exact) mass is 469 g/mol. The molecule has 7 heteroatoms. The molecule has 2 amide bonds. The van der Waals surface area contributed by atoms with Gasteiger partial charge in [0.25, 0.3) is 5.91 Å². The minimum atomic E-state index is -0.436. The molecule has 0 saturated carbocycles. The summed E-state index contributed by atoms with van der Waals surface area (Å²) in [5.41, 5.74) is 2.48. The number of nitrogens with one attached hydrogen (secondary N) is 1. The van der Waals surface area contributed by atoms with Crippen LogP contribution in [0.3, 0.4) is 0 Å². The van der Waals surface area contributed by atoms with E-state index in [0.717, 1.165) is 27.2 Å². The smallest absolute Gasteiger partial charge is 0.254 e. The Labute approximate surface area is 181 Å². The van der Waals surface area contributed by atoms with Crippen LogP contribution in [0.25, 0.3) is 10.6 Å². The Morgan fingerprint density at radius 1 is 1.17 bits per heavy atom. The van der Waals surface area contributed by atoms with Gasteiger partial charge in [0.2, 0.25) is 5.91 Å². The fourth-order valence-electron chi connectivity index (χ4n) is 3.47. The van der Waals surface area contributed by atoms with Crippen LogP contribution >= 0.6 is 27.3 Å². The van der Waals surface area contributed by atoms with Gasteiger partial charge in [0, 0.05) is 27.5 Å². The molecule has 2 aromatic carbocycles. The quantitative estimate of drug-likeness (QED) is 0.598. The fraction of sp³-hybridized carbons (Fsp3) is 0.227. The van der Waals surface area contributed by atoms with Crippen LogP contribution in [0.15, 0.2) is 64.5 Å². The van der Waals surface area contributed by atoms with Crippen molar-refractivity contribution in [2.75, 3.05) is 6.54 Å². The molecule has 0 aliphatic carbocycles. The van der Waals surface area contributed by atoms with Gasteiger partial charge in [-0.25, -0.2) is 4.98 Å². The number of nitrogens with zero attached hydrogens (tertiary/aromatic N) is 2. The predicted molar refractivity (Wildman–Crippen MR) is 118 cm³/mol. The van der Waals surface area contributed by atoms with E-state index in [2.05, 4.69) is 26.2 Å². The topological polar surface area (TPSA) is 62.3 Å². The Kier molecular flexibility index (Phi) is 6.06. The lowest BCUT2D eigenvalue weighted by Gasteiger charge is -2.24. The average Bonchev–Trinajstić information content (AvgIpc) is 3.42. The third-order valence-electron chi connectivity index (χ3n) is 4.90. The van der Waals surface area contributed by atoms with Crippen LogP contribution in [0.4, 0.5) is 0 Å². The van der Waals surface area contributed by atoms with E-state index in [1.807, 2.05) is 47.8 Å². The summed E-state index contributed by atoms with van der Waals surface area (Å²) in [7, 11) is 0. The molecule has 1 atom stereocenters. The van der Waals surface area contributed by atoms with Crippen molar-refractivity contribution in [1.82, 2.24) is 15.2 Å². The highest BCUT2D eigenvalue weighted by molar-refractivity contribution is 9.10. The number of carbonyl (C=O) groups is 2. The minimum absolute atomic E-state index is 0.107. The molecule has 2 heterocycles. The molecule has 1 aliphatic heterocycles. The average molecular weight is 470 g/mol. The first kappa shape index (κ1) is 19.8. The molecule has 0 unspecified atom stereocenters. The Bertz CT molecular complexity index is 1020. The molecule has 0 bridgehead atoms. The Morgan fingerprint density at radius 2 is 2.00 bits per heavy atom. The van der Waals surface area contributed by atoms with E-state index in [4.69, 9.17) is 0 Å². The zero-order valence-electron chi connectivity index (χ0n) is 15.7. The number of hydrogen-bond donors (Lipinski definition) is 1. The van der Waals surface area contributed by atoms with Gasteiger partial charge in [-0.1, -0.05) is 52.3 Å². The second kappa shape index (κ2) is 8.88. The summed E-state index contributed by atoms with van der Waals surface area (Å²) >= 11 is 4.96. The van der Waals surface area contributed by atoms with Gasteiger partial charge in [-0.05, 0) is 31.0 Å². The van der Waals surface area contributed by atoms with Gasteiger partial charge in [0.15, 0.2) is 0 Å². The molecular formula is C22H20BrN3O2S. The van der Waals surface area contributed by atoms with Gasteiger partial charge in [-0.15, -0.1) is 11.3 Å². The number of benzene rings is 2.